The number of aliphatic hydroxyl groups excluding tert-OH is 1. The Hall–Kier alpha value is -2.06. The molecule has 25 heavy (non-hydrogen) atoms. The van der Waals surface area contributed by atoms with Crippen LogP contribution < -0.4 is 15.8 Å². The van der Waals surface area contributed by atoms with Gasteiger partial charge in [-0.15, -0.1) is 0 Å². The average molecular weight is 366 g/mol. The number of ether oxygens (including phenoxy) is 1. The Bertz CT molecular complexity index is 615. The minimum Gasteiger partial charge on any atom is -0.482 e. The van der Waals surface area contributed by atoms with Crippen molar-refractivity contribution in [2.24, 2.45) is 0 Å². The topological polar surface area (TPSA) is 106 Å². The Morgan fingerprint density at radius 3 is 2.80 bits per heavy atom. The van der Waals surface area contributed by atoms with Crippen LogP contribution in [-0.4, -0.2) is 32.7 Å². The summed E-state index contributed by atoms with van der Waals surface area (Å²) in [5, 5.41) is 12.6. The summed E-state index contributed by atoms with van der Waals surface area (Å²) in [4.78, 5) is 12.5. The van der Waals surface area contributed by atoms with Crippen LogP contribution in [0.4, 0.5) is 11.8 Å². The van der Waals surface area contributed by atoms with Crippen LogP contribution in [0.25, 0.3) is 0 Å². The molecule has 8 heteroatoms. The molecule has 0 aromatic carbocycles. The van der Waals surface area contributed by atoms with Crippen LogP contribution in [0.5, 0.6) is 5.75 Å². The lowest BCUT2D eigenvalue weighted by Gasteiger charge is -2.20. The van der Waals surface area contributed by atoms with E-state index in [1.54, 1.807) is 12.4 Å². The zero-order chi connectivity index (χ0) is 17.2. The first-order chi connectivity index (χ1) is 11.7. The third-order valence-electron chi connectivity index (χ3n) is 3.60. The highest BCUT2D eigenvalue weighted by Crippen LogP contribution is 2.24. The van der Waals surface area contributed by atoms with Crippen LogP contribution >= 0.6 is 13.5 Å². The summed E-state index contributed by atoms with van der Waals surface area (Å²) in [7, 11) is 0. The quantitative estimate of drug-likeness (QED) is 0.594. The first kappa shape index (κ1) is 21.0. The predicted molar refractivity (Wildman–Crippen MR) is 104 cm³/mol. The highest BCUT2D eigenvalue weighted by atomic mass is 32.1. The van der Waals surface area contributed by atoms with E-state index in [0.717, 1.165) is 25.0 Å². The van der Waals surface area contributed by atoms with Gasteiger partial charge in [0.2, 0.25) is 5.95 Å². The van der Waals surface area contributed by atoms with Crippen molar-refractivity contribution in [3.05, 3.63) is 36.3 Å². The summed E-state index contributed by atoms with van der Waals surface area (Å²) in [6, 6.07) is 5.77. The summed E-state index contributed by atoms with van der Waals surface area (Å²) in [6.45, 7) is 2.58. The molecule has 2 rings (SSSR count). The monoisotopic (exact) mass is 365 g/mol. The summed E-state index contributed by atoms with van der Waals surface area (Å²) >= 11 is 0. The molecule has 2 heterocycles. The molecule has 0 aliphatic heterocycles. The van der Waals surface area contributed by atoms with Crippen LogP contribution in [0, 0.1) is 0 Å². The first-order valence-corrected chi connectivity index (χ1v) is 8.25. The molecule has 7 nitrogen and oxygen atoms in total. The Labute approximate surface area is 155 Å². The number of aromatic nitrogens is 3. The minimum atomic E-state index is 0. The molecule has 0 fully saturated rings. The lowest BCUT2D eigenvalue weighted by Crippen LogP contribution is -2.22. The maximum atomic E-state index is 9.25. The summed E-state index contributed by atoms with van der Waals surface area (Å²) in [5.41, 5.74) is 6.52. The normalized spacial score (nSPS) is 11.4. The zero-order valence-corrected chi connectivity index (χ0v) is 15.5. The molecule has 0 bridgehead atoms. The number of unbranched alkanes of at least 4 members (excludes halogenated alkanes) is 1. The van der Waals surface area contributed by atoms with Crippen molar-refractivity contribution in [3.8, 4) is 5.75 Å². The van der Waals surface area contributed by atoms with Gasteiger partial charge in [0.15, 0.2) is 11.6 Å². The first-order valence-electron chi connectivity index (χ1n) is 8.25. The van der Waals surface area contributed by atoms with Gasteiger partial charge in [0, 0.05) is 18.8 Å². The molecule has 2 aromatic heterocycles. The van der Waals surface area contributed by atoms with E-state index in [4.69, 9.17) is 10.5 Å². The SMILES string of the molecule is CCCC[C@@H](CCO)Nc1nc(N)ncc1OCc1ccccn1.S. The standard InChI is InChI=1S/C17H25N5O2.H2S/c1-2-3-6-13(8-10-23)21-16-15(11-20-17(18)22-16)24-12-14-7-4-5-9-19-14;/h4-5,7,9,11,13,23H,2-3,6,8,10,12H2,1H3,(H3,18,20,21,22);1H2/t13-;/m0./s1. The van der Waals surface area contributed by atoms with Crippen molar-refractivity contribution in [2.75, 3.05) is 17.7 Å². The fraction of sp³-hybridized carbons (Fsp3) is 0.471. The van der Waals surface area contributed by atoms with Gasteiger partial charge in [-0.05, 0) is 25.0 Å². The van der Waals surface area contributed by atoms with Crippen molar-refractivity contribution in [1.82, 2.24) is 15.0 Å². The van der Waals surface area contributed by atoms with Gasteiger partial charge in [-0.25, -0.2) is 4.98 Å². The van der Waals surface area contributed by atoms with Gasteiger partial charge in [0.25, 0.3) is 0 Å². The predicted octanol–water partition coefficient (Wildman–Crippen LogP) is 2.50. The summed E-state index contributed by atoms with van der Waals surface area (Å²) in [6.07, 6.45) is 7.04. The second kappa shape index (κ2) is 11.5. The largest absolute Gasteiger partial charge is 0.482 e. The molecule has 0 radical (unpaired) electrons. The van der Waals surface area contributed by atoms with Gasteiger partial charge in [0.1, 0.15) is 6.61 Å². The Balaban J connectivity index is 0.00000312. The molecule has 0 unspecified atom stereocenters. The van der Waals surface area contributed by atoms with E-state index in [9.17, 15) is 5.11 Å². The van der Waals surface area contributed by atoms with E-state index in [1.807, 2.05) is 18.2 Å². The third-order valence-corrected chi connectivity index (χ3v) is 3.60. The van der Waals surface area contributed by atoms with Crippen molar-refractivity contribution < 1.29 is 9.84 Å². The number of anilines is 2. The Kier molecular flexibility index (Phi) is 9.64. The maximum absolute atomic E-state index is 9.25. The molecular weight excluding hydrogens is 338 g/mol. The number of nitrogens with zero attached hydrogens (tertiary/aromatic N) is 3. The van der Waals surface area contributed by atoms with Gasteiger partial charge >= 0.3 is 0 Å². The number of hydrogen-bond donors (Lipinski definition) is 3. The minimum absolute atomic E-state index is 0. The smallest absolute Gasteiger partial charge is 0.222 e. The molecule has 0 saturated heterocycles. The highest BCUT2D eigenvalue weighted by Gasteiger charge is 2.14. The molecular formula is C17H27N5O2S. The zero-order valence-electron chi connectivity index (χ0n) is 14.5. The van der Waals surface area contributed by atoms with Crippen molar-refractivity contribution in [1.29, 1.82) is 0 Å². The van der Waals surface area contributed by atoms with E-state index >= 15 is 0 Å². The van der Waals surface area contributed by atoms with Crippen LogP contribution in [0.2, 0.25) is 0 Å². The molecule has 138 valence electrons. The number of aliphatic hydroxyl groups is 1. The molecule has 0 spiro atoms. The van der Waals surface area contributed by atoms with Crippen LogP contribution in [0.3, 0.4) is 0 Å². The third kappa shape index (κ3) is 7.15. The number of pyridine rings is 1. The Morgan fingerprint density at radius 1 is 1.28 bits per heavy atom. The van der Waals surface area contributed by atoms with Crippen LogP contribution in [0.1, 0.15) is 38.3 Å². The molecule has 4 N–H and O–H groups in total. The molecule has 1 atom stereocenters. The highest BCUT2D eigenvalue weighted by molar-refractivity contribution is 7.59. The van der Waals surface area contributed by atoms with E-state index in [1.165, 1.54) is 0 Å². The molecule has 0 saturated carbocycles. The fourth-order valence-electron chi connectivity index (χ4n) is 2.32. The van der Waals surface area contributed by atoms with Crippen LogP contribution in [0.15, 0.2) is 30.6 Å². The van der Waals surface area contributed by atoms with E-state index < -0.39 is 0 Å². The molecule has 0 amide bonds. The second-order valence-electron chi connectivity index (χ2n) is 5.55. The van der Waals surface area contributed by atoms with Crippen LogP contribution in [-0.2, 0) is 6.61 Å². The maximum Gasteiger partial charge on any atom is 0.222 e. The second-order valence-corrected chi connectivity index (χ2v) is 5.55. The number of nitrogens with one attached hydrogen (secondary N) is 1. The van der Waals surface area contributed by atoms with Crippen molar-refractivity contribution >= 4 is 25.3 Å². The van der Waals surface area contributed by atoms with E-state index in [2.05, 4.69) is 27.2 Å². The number of nitrogen functional groups attached to an aromatic ring is 1. The molecule has 0 aliphatic rings. The summed E-state index contributed by atoms with van der Waals surface area (Å²) < 4.78 is 5.79. The van der Waals surface area contributed by atoms with Gasteiger partial charge in [-0.2, -0.15) is 18.5 Å². The Morgan fingerprint density at radius 2 is 2.12 bits per heavy atom. The summed E-state index contributed by atoms with van der Waals surface area (Å²) in [5.74, 6) is 1.25. The van der Waals surface area contributed by atoms with Gasteiger partial charge in [0.05, 0.1) is 11.9 Å². The van der Waals surface area contributed by atoms with Crippen molar-refractivity contribution in [2.45, 2.75) is 45.3 Å². The van der Waals surface area contributed by atoms with Gasteiger partial charge in [-0.1, -0.05) is 25.8 Å². The lowest BCUT2D eigenvalue weighted by molar-refractivity contribution is 0.275. The van der Waals surface area contributed by atoms with Crippen molar-refractivity contribution in [3.63, 3.8) is 0 Å². The van der Waals surface area contributed by atoms with Gasteiger partial charge < -0.3 is 20.9 Å². The average Bonchev–Trinajstić information content (AvgIpc) is 2.60. The number of rotatable bonds is 10. The molecule has 0 aliphatic carbocycles. The number of nitrogens with two attached hydrogens (primary N) is 1. The van der Waals surface area contributed by atoms with E-state index in [0.29, 0.717) is 24.6 Å². The fourth-order valence-corrected chi connectivity index (χ4v) is 2.32. The lowest BCUT2D eigenvalue weighted by atomic mass is 10.1. The molecule has 2 aromatic rings. The van der Waals surface area contributed by atoms with Gasteiger partial charge in [-0.3, -0.25) is 4.98 Å². The van der Waals surface area contributed by atoms with E-state index in [-0.39, 0.29) is 32.1 Å². The number of hydrogen-bond acceptors (Lipinski definition) is 7.